The lowest BCUT2D eigenvalue weighted by molar-refractivity contribution is 0.0846. The molecule has 2 aromatic carbocycles. The molecule has 9 heteroatoms. The number of ether oxygens (including phenoxy) is 4. The number of rotatable bonds is 7. The topological polar surface area (TPSA) is 95.1 Å². The lowest BCUT2D eigenvalue weighted by Gasteiger charge is -2.14. The Balaban J connectivity index is 2.11. The van der Waals surface area contributed by atoms with Gasteiger partial charge in [0, 0.05) is 11.1 Å². The maximum absolute atomic E-state index is 12.4. The van der Waals surface area contributed by atoms with Crippen LogP contribution < -0.4 is 29.8 Å². The van der Waals surface area contributed by atoms with E-state index in [1.807, 2.05) is 6.92 Å². The molecule has 0 saturated carbocycles. The SMILES string of the molecule is CCOc1ccc(C(=O)NNC(=O)c2cc(OC)c(OC)c(OC)c2)cc1Cl. The maximum atomic E-state index is 12.4. The minimum Gasteiger partial charge on any atom is -0.493 e. The Bertz CT molecular complexity index is 846. The Hall–Kier alpha value is -3.13. The van der Waals surface area contributed by atoms with Crippen LogP contribution in [-0.2, 0) is 0 Å². The molecule has 0 aliphatic rings. The molecule has 0 aliphatic heterocycles. The van der Waals surface area contributed by atoms with Gasteiger partial charge in [-0.1, -0.05) is 11.6 Å². The molecule has 8 nitrogen and oxygen atoms in total. The van der Waals surface area contributed by atoms with Crippen molar-refractivity contribution in [3.8, 4) is 23.0 Å². The fourth-order valence-corrected chi connectivity index (χ4v) is 2.62. The highest BCUT2D eigenvalue weighted by molar-refractivity contribution is 6.32. The average molecular weight is 409 g/mol. The number of amides is 2. The molecule has 0 fully saturated rings. The highest BCUT2D eigenvalue weighted by Crippen LogP contribution is 2.38. The summed E-state index contributed by atoms with van der Waals surface area (Å²) in [5.74, 6) is 0.361. The first-order valence-electron chi connectivity index (χ1n) is 8.28. The summed E-state index contributed by atoms with van der Waals surface area (Å²) in [6, 6.07) is 7.51. The standard InChI is InChI=1S/C19H21ClN2O6/c1-5-28-14-7-6-11(8-13(14)20)18(23)21-22-19(24)12-9-15(25-2)17(27-4)16(10-12)26-3/h6-10H,5H2,1-4H3,(H,21,23)(H,22,24). The molecule has 150 valence electrons. The number of hydrogen-bond acceptors (Lipinski definition) is 6. The van der Waals surface area contributed by atoms with E-state index in [0.29, 0.717) is 34.6 Å². The fourth-order valence-electron chi connectivity index (χ4n) is 2.38. The molecule has 0 radical (unpaired) electrons. The van der Waals surface area contributed by atoms with Gasteiger partial charge in [0.1, 0.15) is 5.75 Å². The molecular weight excluding hydrogens is 388 g/mol. The van der Waals surface area contributed by atoms with Gasteiger partial charge < -0.3 is 18.9 Å². The van der Waals surface area contributed by atoms with E-state index in [4.69, 9.17) is 30.5 Å². The zero-order valence-corrected chi connectivity index (χ0v) is 16.7. The molecule has 28 heavy (non-hydrogen) atoms. The van der Waals surface area contributed by atoms with Gasteiger partial charge in [0.15, 0.2) is 11.5 Å². The van der Waals surface area contributed by atoms with Gasteiger partial charge in [0.2, 0.25) is 5.75 Å². The second-order valence-electron chi connectivity index (χ2n) is 5.40. The minimum atomic E-state index is -0.565. The summed E-state index contributed by atoms with van der Waals surface area (Å²) in [5, 5.41) is 0.297. The van der Waals surface area contributed by atoms with Gasteiger partial charge in [-0.15, -0.1) is 0 Å². The largest absolute Gasteiger partial charge is 0.493 e. The van der Waals surface area contributed by atoms with Crippen molar-refractivity contribution in [1.82, 2.24) is 10.9 Å². The molecule has 0 spiro atoms. The number of nitrogens with one attached hydrogen (secondary N) is 2. The third-order valence-corrected chi connectivity index (χ3v) is 4.01. The van der Waals surface area contributed by atoms with E-state index in [9.17, 15) is 9.59 Å². The third-order valence-electron chi connectivity index (χ3n) is 3.71. The van der Waals surface area contributed by atoms with Crippen molar-refractivity contribution in [2.75, 3.05) is 27.9 Å². The van der Waals surface area contributed by atoms with Gasteiger partial charge in [-0.2, -0.15) is 0 Å². The Labute approximate surface area is 167 Å². The second-order valence-corrected chi connectivity index (χ2v) is 5.81. The summed E-state index contributed by atoms with van der Waals surface area (Å²) < 4.78 is 21.0. The van der Waals surface area contributed by atoms with E-state index < -0.39 is 11.8 Å². The highest BCUT2D eigenvalue weighted by Gasteiger charge is 2.18. The Kier molecular flexibility index (Phi) is 7.34. The van der Waals surface area contributed by atoms with Crippen molar-refractivity contribution in [3.63, 3.8) is 0 Å². The van der Waals surface area contributed by atoms with E-state index in [1.54, 1.807) is 6.07 Å². The third kappa shape index (κ3) is 4.77. The first-order valence-corrected chi connectivity index (χ1v) is 8.65. The monoisotopic (exact) mass is 408 g/mol. The van der Waals surface area contributed by atoms with E-state index in [2.05, 4.69) is 10.9 Å². The Morgan fingerprint density at radius 2 is 1.43 bits per heavy atom. The Morgan fingerprint density at radius 3 is 1.89 bits per heavy atom. The van der Waals surface area contributed by atoms with Crippen LogP contribution in [0.4, 0.5) is 0 Å². The molecule has 0 saturated heterocycles. The lowest BCUT2D eigenvalue weighted by atomic mass is 10.1. The highest BCUT2D eigenvalue weighted by atomic mass is 35.5. The summed E-state index contributed by atoms with van der Waals surface area (Å²) >= 11 is 6.07. The molecule has 2 amide bonds. The smallest absolute Gasteiger partial charge is 0.269 e. The molecule has 0 heterocycles. The van der Waals surface area contributed by atoms with Crippen LogP contribution in [0.2, 0.25) is 5.02 Å². The molecule has 0 atom stereocenters. The average Bonchev–Trinajstić information content (AvgIpc) is 2.71. The van der Waals surface area contributed by atoms with E-state index in [1.165, 1.54) is 45.6 Å². The summed E-state index contributed by atoms with van der Waals surface area (Å²) in [6.45, 7) is 2.28. The predicted octanol–water partition coefficient (Wildman–Crippen LogP) is 2.84. The maximum Gasteiger partial charge on any atom is 0.269 e. The molecule has 2 N–H and O–H groups in total. The van der Waals surface area contributed by atoms with Crippen LogP contribution in [0.5, 0.6) is 23.0 Å². The van der Waals surface area contributed by atoms with E-state index in [-0.39, 0.29) is 11.1 Å². The summed E-state index contributed by atoms with van der Waals surface area (Å²) in [6.07, 6.45) is 0. The number of hydrazine groups is 1. The van der Waals surface area contributed by atoms with Gasteiger partial charge in [-0.05, 0) is 37.3 Å². The van der Waals surface area contributed by atoms with Gasteiger partial charge in [-0.3, -0.25) is 20.4 Å². The minimum absolute atomic E-state index is 0.208. The van der Waals surface area contributed by atoms with E-state index in [0.717, 1.165) is 0 Å². The normalized spacial score (nSPS) is 10.0. The van der Waals surface area contributed by atoms with Crippen LogP contribution in [-0.4, -0.2) is 39.8 Å². The zero-order chi connectivity index (χ0) is 20.7. The quantitative estimate of drug-likeness (QED) is 0.684. The van der Waals surface area contributed by atoms with Crippen molar-refractivity contribution < 1.29 is 28.5 Å². The number of halogens is 1. The van der Waals surface area contributed by atoms with Crippen LogP contribution in [0.1, 0.15) is 27.6 Å². The first-order chi connectivity index (χ1) is 13.4. The van der Waals surface area contributed by atoms with Crippen LogP contribution in [0.25, 0.3) is 0 Å². The van der Waals surface area contributed by atoms with Crippen molar-refractivity contribution in [1.29, 1.82) is 0 Å². The van der Waals surface area contributed by atoms with Gasteiger partial charge in [0.05, 0.1) is 33.0 Å². The second kappa shape index (κ2) is 9.70. The number of carbonyl (C=O) groups excluding carboxylic acids is 2. The number of benzene rings is 2. The summed E-state index contributed by atoms with van der Waals surface area (Å²) in [7, 11) is 4.34. The van der Waals surface area contributed by atoms with E-state index >= 15 is 0 Å². The fraction of sp³-hybridized carbons (Fsp3) is 0.263. The van der Waals surface area contributed by atoms with Crippen molar-refractivity contribution in [2.24, 2.45) is 0 Å². The Morgan fingerprint density at radius 1 is 0.857 bits per heavy atom. The molecular formula is C19H21ClN2O6. The predicted molar refractivity (Wildman–Crippen MR) is 104 cm³/mol. The molecule has 0 aromatic heterocycles. The number of hydrogen-bond donors (Lipinski definition) is 2. The van der Waals surface area contributed by atoms with Crippen molar-refractivity contribution >= 4 is 23.4 Å². The first kappa shape index (κ1) is 21.2. The van der Waals surface area contributed by atoms with Crippen LogP contribution in [0.15, 0.2) is 30.3 Å². The summed E-state index contributed by atoms with van der Waals surface area (Å²) in [4.78, 5) is 24.7. The number of carbonyl (C=O) groups is 2. The lowest BCUT2D eigenvalue weighted by Crippen LogP contribution is -2.41. The van der Waals surface area contributed by atoms with Crippen LogP contribution in [0, 0.1) is 0 Å². The molecule has 0 bridgehead atoms. The molecule has 2 aromatic rings. The van der Waals surface area contributed by atoms with Crippen LogP contribution >= 0.6 is 11.6 Å². The van der Waals surface area contributed by atoms with Crippen molar-refractivity contribution in [2.45, 2.75) is 6.92 Å². The van der Waals surface area contributed by atoms with Gasteiger partial charge in [0.25, 0.3) is 11.8 Å². The molecule has 0 unspecified atom stereocenters. The van der Waals surface area contributed by atoms with Crippen molar-refractivity contribution in [3.05, 3.63) is 46.5 Å². The van der Waals surface area contributed by atoms with Crippen LogP contribution in [0.3, 0.4) is 0 Å². The number of methoxy groups -OCH3 is 3. The molecule has 2 rings (SSSR count). The molecule has 0 aliphatic carbocycles. The summed E-state index contributed by atoms with van der Waals surface area (Å²) in [5.41, 5.74) is 5.13. The zero-order valence-electron chi connectivity index (χ0n) is 15.9. The van der Waals surface area contributed by atoms with Gasteiger partial charge >= 0.3 is 0 Å². The van der Waals surface area contributed by atoms with Gasteiger partial charge in [-0.25, -0.2) is 0 Å².